The summed E-state index contributed by atoms with van der Waals surface area (Å²) in [4.78, 5) is 0. The fourth-order valence-corrected chi connectivity index (χ4v) is 5.96. The minimum atomic E-state index is 0.205. The van der Waals surface area contributed by atoms with Gasteiger partial charge in [-0.25, -0.2) is 0 Å². The first-order chi connectivity index (χ1) is 6.67. The Labute approximate surface area is 86.4 Å². The Morgan fingerprint density at radius 1 is 1.00 bits per heavy atom. The Kier molecular flexibility index (Phi) is 1.29. The van der Waals surface area contributed by atoms with Crippen LogP contribution in [0, 0.1) is 35.5 Å². The molecule has 4 aliphatic rings. The molecule has 4 bridgehead atoms. The topological polar surface area (TPSA) is 26.0 Å². The van der Waals surface area contributed by atoms with E-state index in [2.05, 4.69) is 6.92 Å². The number of hydrogen-bond acceptors (Lipinski definition) is 1. The maximum absolute atomic E-state index is 6.45. The van der Waals surface area contributed by atoms with E-state index in [9.17, 15) is 0 Å². The summed E-state index contributed by atoms with van der Waals surface area (Å²) in [7, 11) is 0. The van der Waals surface area contributed by atoms with Crippen LogP contribution in [0.4, 0.5) is 0 Å². The van der Waals surface area contributed by atoms with Crippen molar-refractivity contribution in [2.75, 3.05) is 0 Å². The monoisotopic (exact) mass is 191 g/mol. The van der Waals surface area contributed by atoms with Gasteiger partial charge in [0.05, 0.1) is 0 Å². The Bertz CT molecular complexity index is 283. The van der Waals surface area contributed by atoms with Crippen molar-refractivity contribution in [3.8, 4) is 0 Å². The number of hydrogen-bond donors (Lipinski definition) is 1. The van der Waals surface area contributed by atoms with E-state index in [-0.39, 0.29) is 5.54 Å². The van der Waals surface area contributed by atoms with Gasteiger partial charge in [-0.1, -0.05) is 0 Å². The van der Waals surface area contributed by atoms with E-state index >= 15 is 0 Å². The van der Waals surface area contributed by atoms with E-state index in [0.29, 0.717) is 0 Å². The summed E-state index contributed by atoms with van der Waals surface area (Å²) in [6, 6.07) is 0. The molecule has 4 aliphatic carbocycles. The van der Waals surface area contributed by atoms with Crippen LogP contribution in [0.1, 0.15) is 39.0 Å². The molecule has 0 amide bonds. The molecule has 0 aromatic carbocycles. The van der Waals surface area contributed by atoms with Crippen LogP contribution in [-0.4, -0.2) is 5.54 Å². The maximum atomic E-state index is 6.45. The Hall–Kier alpha value is -0.0400. The van der Waals surface area contributed by atoms with Crippen molar-refractivity contribution in [2.24, 2.45) is 41.2 Å². The molecule has 0 spiro atoms. The van der Waals surface area contributed by atoms with Crippen molar-refractivity contribution in [1.29, 1.82) is 0 Å². The molecule has 4 rings (SSSR count). The number of fused-ring (bicyclic) bond motifs is 9. The first kappa shape index (κ1) is 8.15. The average Bonchev–Trinajstić information content (AvgIpc) is 2.73. The van der Waals surface area contributed by atoms with Crippen molar-refractivity contribution in [2.45, 2.75) is 44.6 Å². The normalized spacial score (nSPS) is 69.0. The molecule has 0 aromatic heterocycles. The second-order valence-corrected chi connectivity index (χ2v) is 6.80. The van der Waals surface area contributed by atoms with E-state index in [1.807, 2.05) is 0 Å². The van der Waals surface area contributed by atoms with Gasteiger partial charge in [-0.15, -0.1) is 0 Å². The van der Waals surface area contributed by atoms with Crippen LogP contribution in [0.2, 0.25) is 0 Å². The second-order valence-electron chi connectivity index (χ2n) is 6.80. The molecule has 14 heavy (non-hydrogen) atoms. The lowest BCUT2D eigenvalue weighted by atomic mass is 9.65. The molecule has 0 aromatic rings. The molecule has 7 unspecified atom stereocenters. The summed E-state index contributed by atoms with van der Waals surface area (Å²) in [5.41, 5.74) is 6.66. The molecule has 4 fully saturated rings. The van der Waals surface area contributed by atoms with Crippen LogP contribution in [0.25, 0.3) is 0 Å². The highest BCUT2D eigenvalue weighted by molar-refractivity contribution is 5.15. The smallest absolute Gasteiger partial charge is 0.0160 e. The number of nitrogens with two attached hydrogens (primary N) is 1. The molecule has 1 nitrogen and oxygen atoms in total. The van der Waals surface area contributed by atoms with E-state index in [1.165, 1.54) is 19.3 Å². The summed E-state index contributed by atoms with van der Waals surface area (Å²) in [6.07, 6.45) is 7.47. The highest BCUT2D eigenvalue weighted by atomic mass is 14.8. The standard InChI is InChI=1S/C13H21N/c1-13(14)6-9-5-10(13)12-8-3-2-7(4-8)11(9)12/h7-12H,2-6,14H2,1H3. The fraction of sp³-hybridized carbons (Fsp3) is 1.00. The Morgan fingerprint density at radius 3 is 2.50 bits per heavy atom. The van der Waals surface area contributed by atoms with Gasteiger partial charge >= 0.3 is 0 Å². The minimum absolute atomic E-state index is 0.205. The van der Waals surface area contributed by atoms with Gasteiger partial charge in [0.2, 0.25) is 0 Å². The highest BCUT2D eigenvalue weighted by Crippen LogP contribution is 2.69. The zero-order chi connectivity index (χ0) is 9.50. The van der Waals surface area contributed by atoms with Gasteiger partial charge in [0.15, 0.2) is 0 Å². The molecule has 0 heterocycles. The third-order valence-electron chi connectivity index (χ3n) is 6.16. The van der Waals surface area contributed by atoms with Gasteiger partial charge in [-0.05, 0) is 74.5 Å². The highest BCUT2D eigenvalue weighted by Gasteiger charge is 2.64. The SMILES string of the molecule is CC1(N)CC2CC1C1C3CCC(C3)C21. The van der Waals surface area contributed by atoms with Crippen LogP contribution in [0.5, 0.6) is 0 Å². The molecule has 2 N–H and O–H groups in total. The summed E-state index contributed by atoms with van der Waals surface area (Å²) >= 11 is 0. The second kappa shape index (κ2) is 2.21. The van der Waals surface area contributed by atoms with Crippen LogP contribution in [-0.2, 0) is 0 Å². The lowest BCUT2D eigenvalue weighted by Gasteiger charge is -2.42. The van der Waals surface area contributed by atoms with Crippen LogP contribution >= 0.6 is 0 Å². The molecule has 4 saturated carbocycles. The zero-order valence-corrected chi connectivity index (χ0v) is 9.08. The molecule has 1 heteroatoms. The summed E-state index contributed by atoms with van der Waals surface area (Å²) in [6.45, 7) is 2.32. The van der Waals surface area contributed by atoms with E-state index in [1.54, 1.807) is 12.8 Å². The van der Waals surface area contributed by atoms with Crippen molar-refractivity contribution < 1.29 is 0 Å². The first-order valence-electron chi connectivity index (χ1n) is 6.46. The average molecular weight is 191 g/mol. The van der Waals surface area contributed by atoms with E-state index < -0.39 is 0 Å². The fourth-order valence-electron chi connectivity index (χ4n) is 5.96. The Morgan fingerprint density at radius 2 is 1.71 bits per heavy atom. The predicted molar refractivity (Wildman–Crippen MR) is 56.6 cm³/mol. The van der Waals surface area contributed by atoms with Gasteiger partial charge in [-0.2, -0.15) is 0 Å². The predicted octanol–water partition coefficient (Wildman–Crippen LogP) is 2.41. The van der Waals surface area contributed by atoms with Crippen LogP contribution in [0.15, 0.2) is 0 Å². The third-order valence-corrected chi connectivity index (χ3v) is 6.16. The van der Waals surface area contributed by atoms with E-state index in [4.69, 9.17) is 5.73 Å². The molecule has 7 atom stereocenters. The molecular weight excluding hydrogens is 170 g/mol. The van der Waals surface area contributed by atoms with Gasteiger partial charge in [0.25, 0.3) is 0 Å². The van der Waals surface area contributed by atoms with E-state index in [0.717, 1.165) is 35.5 Å². The summed E-state index contributed by atoms with van der Waals surface area (Å²) in [5, 5.41) is 0. The maximum Gasteiger partial charge on any atom is 0.0160 e. The third kappa shape index (κ3) is 0.743. The molecule has 0 aliphatic heterocycles. The van der Waals surface area contributed by atoms with Gasteiger partial charge in [0.1, 0.15) is 0 Å². The summed E-state index contributed by atoms with van der Waals surface area (Å²) < 4.78 is 0. The Balaban J connectivity index is 1.75. The first-order valence-corrected chi connectivity index (χ1v) is 6.46. The van der Waals surface area contributed by atoms with Gasteiger partial charge < -0.3 is 5.73 Å². The molecular formula is C13H21N. The van der Waals surface area contributed by atoms with Crippen LogP contribution < -0.4 is 5.73 Å². The minimum Gasteiger partial charge on any atom is -0.325 e. The molecule has 78 valence electrons. The quantitative estimate of drug-likeness (QED) is 0.585. The lowest BCUT2D eigenvalue weighted by Crippen LogP contribution is -2.48. The lowest BCUT2D eigenvalue weighted by molar-refractivity contribution is 0.0946. The van der Waals surface area contributed by atoms with Crippen molar-refractivity contribution in [3.05, 3.63) is 0 Å². The largest absolute Gasteiger partial charge is 0.325 e. The van der Waals surface area contributed by atoms with Crippen molar-refractivity contribution in [3.63, 3.8) is 0 Å². The van der Waals surface area contributed by atoms with Crippen molar-refractivity contribution in [1.82, 2.24) is 0 Å². The van der Waals surface area contributed by atoms with Crippen LogP contribution in [0.3, 0.4) is 0 Å². The zero-order valence-electron chi connectivity index (χ0n) is 9.08. The van der Waals surface area contributed by atoms with Gasteiger partial charge in [-0.3, -0.25) is 0 Å². The molecule has 0 saturated heterocycles. The van der Waals surface area contributed by atoms with Crippen molar-refractivity contribution >= 4 is 0 Å². The molecule has 0 radical (unpaired) electrons. The summed E-state index contributed by atoms with van der Waals surface area (Å²) in [5.74, 6) is 6.31. The van der Waals surface area contributed by atoms with Gasteiger partial charge in [0, 0.05) is 5.54 Å². The number of rotatable bonds is 0.